The summed E-state index contributed by atoms with van der Waals surface area (Å²) in [7, 11) is 0. The van der Waals surface area contributed by atoms with Gasteiger partial charge in [0, 0.05) is 11.6 Å². The maximum absolute atomic E-state index is 13.9. The van der Waals surface area contributed by atoms with Gasteiger partial charge in [-0.3, -0.25) is 0 Å². The van der Waals surface area contributed by atoms with Crippen LogP contribution in [0.5, 0.6) is 0 Å². The van der Waals surface area contributed by atoms with Gasteiger partial charge in [-0.15, -0.1) is 0 Å². The highest BCUT2D eigenvalue weighted by molar-refractivity contribution is 6.30. The molecule has 0 saturated heterocycles. The van der Waals surface area contributed by atoms with E-state index >= 15 is 0 Å². The van der Waals surface area contributed by atoms with Gasteiger partial charge in [-0.25, -0.2) is 8.78 Å². The summed E-state index contributed by atoms with van der Waals surface area (Å²) in [5, 5.41) is 0.0504. The Hall–Kier alpha value is -1.45. The summed E-state index contributed by atoms with van der Waals surface area (Å²) in [5.41, 5.74) is 7.80. The highest BCUT2D eigenvalue weighted by Crippen LogP contribution is 2.23. The largest absolute Gasteiger partial charge is 0.324 e. The van der Waals surface area contributed by atoms with Crippen LogP contribution >= 0.6 is 11.6 Å². The molecule has 0 spiro atoms. The Morgan fingerprint density at radius 3 is 2.63 bits per heavy atom. The van der Waals surface area contributed by atoms with Gasteiger partial charge in [0.1, 0.15) is 11.6 Å². The number of hydrogen-bond donors (Lipinski definition) is 1. The Bertz CT molecular complexity index is 599. The van der Waals surface area contributed by atoms with Crippen molar-refractivity contribution in [3.8, 4) is 0 Å². The molecule has 0 aliphatic carbocycles. The maximum Gasteiger partial charge on any atom is 0.141 e. The fourth-order valence-electron chi connectivity index (χ4n) is 1.99. The third kappa shape index (κ3) is 3.11. The smallest absolute Gasteiger partial charge is 0.141 e. The molecule has 0 fully saturated rings. The SMILES string of the molecule is Cc1cccc(C(N)Cc2ccc(F)c(Cl)c2)c1F. The van der Waals surface area contributed by atoms with E-state index in [0.29, 0.717) is 17.5 Å². The standard InChI is InChI=1S/C15H14ClF2N/c1-9-3-2-4-11(15(9)18)14(19)8-10-5-6-13(17)12(16)7-10/h2-7,14H,8,19H2,1H3. The molecule has 4 heteroatoms. The lowest BCUT2D eigenvalue weighted by Crippen LogP contribution is -2.15. The number of hydrogen-bond acceptors (Lipinski definition) is 1. The average molecular weight is 282 g/mol. The van der Waals surface area contributed by atoms with Crippen LogP contribution in [0.15, 0.2) is 36.4 Å². The summed E-state index contributed by atoms with van der Waals surface area (Å²) in [6.07, 6.45) is 0.403. The molecule has 0 aromatic heterocycles. The molecular formula is C15H14ClF2N. The fraction of sp³-hybridized carbons (Fsp3) is 0.200. The van der Waals surface area contributed by atoms with Gasteiger partial charge in [0.05, 0.1) is 5.02 Å². The fourth-order valence-corrected chi connectivity index (χ4v) is 2.19. The molecule has 0 aliphatic rings. The van der Waals surface area contributed by atoms with Crippen LogP contribution in [-0.2, 0) is 6.42 Å². The molecule has 0 radical (unpaired) electrons. The highest BCUT2D eigenvalue weighted by atomic mass is 35.5. The van der Waals surface area contributed by atoms with E-state index in [4.69, 9.17) is 17.3 Å². The van der Waals surface area contributed by atoms with Crippen LogP contribution in [0.25, 0.3) is 0 Å². The predicted molar refractivity (Wildman–Crippen MR) is 73.2 cm³/mol. The van der Waals surface area contributed by atoms with Crippen molar-refractivity contribution in [1.29, 1.82) is 0 Å². The molecule has 0 amide bonds. The van der Waals surface area contributed by atoms with E-state index in [-0.39, 0.29) is 10.8 Å². The number of halogens is 3. The first-order valence-corrected chi connectivity index (χ1v) is 6.31. The Labute approximate surface area is 116 Å². The molecule has 2 N–H and O–H groups in total. The second-order valence-electron chi connectivity index (χ2n) is 4.54. The van der Waals surface area contributed by atoms with E-state index in [1.165, 1.54) is 12.1 Å². The summed E-state index contributed by atoms with van der Waals surface area (Å²) in [6.45, 7) is 1.69. The van der Waals surface area contributed by atoms with Gasteiger partial charge >= 0.3 is 0 Å². The van der Waals surface area contributed by atoms with Gasteiger partial charge in [-0.1, -0.05) is 35.9 Å². The number of nitrogens with two attached hydrogens (primary N) is 1. The van der Waals surface area contributed by atoms with Crippen LogP contribution in [0.2, 0.25) is 5.02 Å². The molecule has 1 unspecified atom stereocenters. The van der Waals surface area contributed by atoms with Crippen LogP contribution in [0.4, 0.5) is 8.78 Å². The van der Waals surface area contributed by atoms with Crippen LogP contribution in [-0.4, -0.2) is 0 Å². The van der Waals surface area contributed by atoms with E-state index in [0.717, 1.165) is 5.56 Å². The van der Waals surface area contributed by atoms with E-state index in [1.807, 2.05) is 0 Å². The van der Waals surface area contributed by atoms with Crippen molar-refractivity contribution in [3.63, 3.8) is 0 Å². The lowest BCUT2D eigenvalue weighted by atomic mass is 9.98. The Morgan fingerprint density at radius 2 is 1.95 bits per heavy atom. The molecule has 19 heavy (non-hydrogen) atoms. The van der Waals surface area contributed by atoms with Gasteiger partial charge in [-0.05, 0) is 36.6 Å². The van der Waals surface area contributed by atoms with Crippen LogP contribution in [0.1, 0.15) is 22.7 Å². The zero-order valence-electron chi connectivity index (χ0n) is 10.5. The van der Waals surface area contributed by atoms with E-state index in [9.17, 15) is 8.78 Å². The Morgan fingerprint density at radius 1 is 1.21 bits per heavy atom. The molecule has 2 aromatic carbocycles. The second-order valence-corrected chi connectivity index (χ2v) is 4.94. The molecule has 2 rings (SSSR count). The minimum atomic E-state index is -0.485. The molecular weight excluding hydrogens is 268 g/mol. The third-order valence-corrected chi connectivity index (χ3v) is 3.35. The third-order valence-electron chi connectivity index (χ3n) is 3.06. The second kappa shape index (κ2) is 5.68. The molecule has 1 nitrogen and oxygen atoms in total. The Kier molecular flexibility index (Phi) is 4.17. The first kappa shape index (κ1) is 14.0. The quantitative estimate of drug-likeness (QED) is 0.898. The van der Waals surface area contributed by atoms with Crippen molar-refractivity contribution in [2.45, 2.75) is 19.4 Å². The average Bonchev–Trinajstić information content (AvgIpc) is 2.37. The minimum absolute atomic E-state index is 0.0504. The van der Waals surface area contributed by atoms with Crippen molar-refractivity contribution in [2.24, 2.45) is 5.73 Å². The van der Waals surface area contributed by atoms with E-state index < -0.39 is 11.9 Å². The summed E-state index contributed by atoms with van der Waals surface area (Å²) in [6, 6.07) is 9.06. The van der Waals surface area contributed by atoms with E-state index in [2.05, 4.69) is 0 Å². The molecule has 100 valence electrons. The van der Waals surface area contributed by atoms with Crippen molar-refractivity contribution in [3.05, 3.63) is 69.7 Å². The maximum atomic E-state index is 13.9. The highest BCUT2D eigenvalue weighted by Gasteiger charge is 2.14. The molecule has 0 aliphatic heterocycles. The predicted octanol–water partition coefficient (Wildman–Crippen LogP) is 4.17. The Balaban J connectivity index is 2.23. The molecule has 0 heterocycles. The lowest BCUT2D eigenvalue weighted by Gasteiger charge is -2.14. The summed E-state index contributed by atoms with van der Waals surface area (Å²) >= 11 is 5.71. The van der Waals surface area contributed by atoms with Crippen molar-refractivity contribution in [1.82, 2.24) is 0 Å². The monoisotopic (exact) mass is 281 g/mol. The van der Waals surface area contributed by atoms with Crippen LogP contribution in [0.3, 0.4) is 0 Å². The number of rotatable bonds is 3. The van der Waals surface area contributed by atoms with Crippen LogP contribution < -0.4 is 5.73 Å². The molecule has 2 aromatic rings. The molecule has 1 atom stereocenters. The topological polar surface area (TPSA) is 26.0 Å². The zero-order valence-corrected chi connectivity index (χ0v) is 11.2. The number of benzene rings is 2. The van der Waals surface area contributed by atoms with Crippen molar-refractivity contribution >= 4 is 11.6 Å². The van der Waals surface area contributed by atoms with Gasteiger partial charge in [0.15, 0.2) is 0 Å². The summed E-state index contributed by atoms with van der Waals surface area (Å²) in [4.78, 5) is 0. The number of aryl methyl sites for hydroxylation is 1. The zero-order chi connectivity index (χ0) is 14.0. The first-order valence-electron chi connectivity index (χ1n) is 5.93. The summed E-state index contributed by atoms with van der Waals surface area (Å²) < 4.78 is 27.0. The van der Waals surface area contributed by atoms with Crippen molar-refractivity contribution in [2.75, 3.05) is 0 Å². The van der Waals surface area contributed by atoms with Gasteiger partial charge in [-0.2, -0.15) is 0 Å². The summed E-state index contributed by atoms with van der Waals surface area (Å²) in [5.74, 6) is -0.760. The van der Waals surface area contributed by atoms with Gasteiger partial charge in [0.25, 0.3) is 0 Å². The van der Waals surface area contributed by atoms with Crippen LogP contribution in [0, 0.1) is 18.6 Å². The lowest BCUT2D eigenvalue weighted by molar-refractivity contribution is 0.572. The van der Waals surface area contributed by atoms with E-state index in [1.54, 1.807) is 31.2 Å². The van der Waals surface area contributed by atoms with Crippen molar-refractivity contribution < 1.29 is 8.78 Å². The van der Waals surface area contributed by atoms with Gasteiger partial charge in [0.2, 0.25) is 0 Å². The minimum Gasteiger partial charge on any atom is -0.324 e. The molecule has 0 saturated carbocycles. The first-order chi connectivity index (χ1) is 8.99. The molecule has 0 bridgehead atoms. The van der Waals surface area contributed by atoms with Gasteiger partial charge < -0.3 is 5.73 Å². The normalized spacial score (nSPS) is 12.5.